The third kappa shape index (κ3) is 6.03. The number of ether oxygens (including phenoxy) is 1. The van der Waals surface area contributed by atoms with Gasteiger partial charge in [0.25, 0.3) is 0 Å². The zero-order valence-electron chi connectivity index (χ0n) is 18.5. The van der Waals surface area contributed by atoms with Crippen LogP contribution < -0.4 is 25.6 Å². The number of rotatable bonds is 6. The van der Waals surface area contributed by atoms with Gasteiger partial charge in [0, 0.05) is 48.6 Å². The van der Waals surface area contributed by atoms with E-state index in [-0.39, 0.29) is 0 Å². The van der Waals surface area contributed by atoms with Crippen molar-refractivity contribution in [2.24, 2.45) is 0 Å². The monoisotopic (exact) mass is 467 g/mol. The largest absolute Gasteiger partial charge is 0.495 e. The normalized spacial score (nSPS) is 14.0. The lowest BCUT2D eigenvalue weighted by atomic mass is 10.2. The van der Waals surface area contributed by atoms with Gasteiger partial charge in [-0.15, -0.1) is 0 Å². The molecule has 1 aliphatic rings. The third-order valence-electron chi connectivity index (χ3n) is 5.33. The Bertz CT molecular complexity index is 1100. The summed E-state index contributed by atoms with van der Waals surface area (Å²) in [5.74, 6) is 1.41. The number of carbonyl (C=O) groups is 1. The van der Waals surface area contributed by atoms with Gasteiger partial charge in [-0.3, -0.25) is 5.32 Å². The van der Waals surface area contributed by atoms with Crippen LogP contribution in [0.4, 0.5) is 33.5 Å². The zero-order chi connectivity index (χ0) is 23.2. The number of anilines is 5. The quantitative estimate of drug-likeness (QED) is 0.498. The van der Waals surface area contributed by atoms with Crippen molar-refractivity contribution in [1.29, 1.82) is 0 Å². The van der Waals surface area contributed by atoms with Gasteiger partial charge in [-0.1, -0.05) is 11.6 Å². The van der Waals surface area contributed by atoms with E-state index < -0.39 is 6.03 Å². The van der Waals surface area contributed by atoms with Crippen LogP contribution in [0.15, 0.2) is 54.9 Å². The van der Waals surface area contributed by atoms with Gasteiger partial charge in [0.2, 0.25) is 0 Å². The van der Waals surface area contributed by atoms with E-state index in [9.17, 15) is 4.79 Å². The lowest BCUT2D eigenvalue weighted by molar-refractivity contribution is 0.262. The first-order valence-electron chi connectivity index (χ1n) is 10.5. The fourth-order valence-electron chi connectivity index (χ4n) is 3.51. The molecule has 0 saturated carbocycles. The van der Waals surface area contributed by atoms with E-state index in [0.717, 1.165) is 31.9 Å². The molecule has 33 heavy (non-hydrogen) atoms. The molecule has 1 saturated heterocycles. The maximum Gasteiger partial charge on any atom is 0.324 e. The third-order valence-corrected chi connectivity index (χ3v) is 5.56. The molecule has 0 bridgehead atoms. The fourth-order valence-corrected chi connectivity index (χ4v) is 3.68. The van der Waals surface area contributed by atoms with Gasteiger partial charge in [-0.25, -0.2) is 14.8 Å². The molecule has 2 heterocycles. The molecule has 3 N–H and O–H groups in total. The second-order valence-electron chi connectivity index (χ2n) is 7.67. The number of benzene rings is 2. The first kappa shape index (κ1) is 22.6. The fraction of sp³-hybridized carbons (Fsp3) is 0.261. The number of nitrogens with zero attached hydrogens (tertiary/aromatic N) is 4. The number of halogens is 1. The van der Waals surface area contributed by atoms with Crippen LogP contribution in [0.3, 0.4) is 0 Å². The minimum absolute atomic E-state index is 0.347. The maximum atomic E-state index is 12.4. The number of methoxy groups -OCH3 is 1. The van der Waals surface area contributed by atoms with E-state index >= 15 is 0 Å². The number of carbonyl (C=O) groups excluding carboxylic acids is 1. The van der Waals surface area contributed by atoms with Crippen LogP contribution in [0.5, 0.6) is 5.75 Å². The van der Waals surface area contributed by atoms with Crippen molar-refractivity contribution in [3.63, 3.8) is 0 Å². The summed E-state index contributed by atoms with van der Waals surface area (Å²) in [6.07, 6.45) is 1.39. The van der Waals surface area contributed by atoms with Gasteiger partial charge in [0.05, 0.1) is 12.8 Å². The lowest BCUT2D eigenvalue weighted by Crippen LogP contribution is -2.44. The molecule has 0 aliphatic carbocycles. The molecule has 172 valence electrons. The zero-order valence-corrected chi connectivity index (χ0v) is 19.3. The maximum absolute atomic E-state index is 12.4. The summed E-state index contributed by atoms with van der Waals surface area (Å²) < 4.78 is 5.25. The minimum Gasteiger partial charge on any atom is -0.495 e. The highest BCUT2D eigenvalue weighted by Gasteiger charge is 2.14. The van der Waals surface area contributed by atoms with Crippen molar-refractivity contribution < 1.29 is 9.53 Å². The van der Waals surface area contributed by atoms with Gasteiger partial charge in [-0.05, 0) is 49.5 Å². The highest BCUT2D eigenvalue weighted by Crippen LogP contribution is 2.28. The van der Waals surface area contributed by atoms with Crippen LogP contribution in [0.1, 0.15) is 0 Å². The number of aromatic nitrogens is 2. The highest BCUT2D eigenvalue weighted by atomic mass is 35.5. The van der Waals surface area contributed by atoms with Crippen molar-refractivity contribution in [2.45, 2.75) is 0 Å². The lowest BCUT2D eigenvalue weighted by Gasteiger charge is -2.34. The molecule has 0 atom stereocenters. The molecule has 1 aliphatic heterocycles. The van der Waals surface area contributed by atoms with Gasteiger partial charge in [0.15, 0.2) is 0 Å². The summed E-state index contributed by atoms with van der Waals surface area (Å²) in [6.45, 7) is 4.17. The Balaban J connectivity index is 1.37. The number of urea groups is 1. The van der Waals surface area contributed by atoms with Crippen LogP contribution >= 0.6 is 11.6 Å². The van der Waals surface area contributed by atoms with Crippen LogP contribution in [-0.4, -0.2) is 61.2 Å². The van der Waals surface area contributed by atoms with Crippen molar-refractivity contribution >= 4 is 46.3 Å². The predicted octanol–water partition coefficient (Wildman–Crippen LogP) is 4.28. The Labute approximate surface area is 197 Å². The molecular formula is C23H26ClN7O2. The van der Waals surface area contributed by atoms with Crippen LogP contribution in [0, 0.1) is 0 Å². The highest BCUT2D eigenvalue weighted by molar-refractivity contribution is 6.31. The smallest absolute Gasteiger partial charge is 0.324 e. The Hall–Kier alpha value is -3.56. The average Bonchev–Trinajstić information content (AvgIpc) is 2.80. The molecule has 2 amide bonds. The number of likely N-dealkylation sites (N-methyl/N-ethyl adjacent to an activating group) is 1. The summed E-state index contributed by atoms with van der Waals surface area (Å²) in [5.41, 5.74) is 2.55. The Kier molecular flexibility index (Phi) is 7.11. The Morgan fingerprint density at radius 3 is 2.42 bits per heavy atom. The van der Waals surface area contributed by atoms with E-state index in [1.165, 1.54) is 19.1 Å². The van der Waals surface area contributed by atoms with Gasteiger partial charge >= 0.3 is 6.03 Å². The molecule has 0 radical (unpaired) electrons. The van der Waals surface area contributed by atoms with Crippen molar-refractivity contribution in [2.75, 3.05) is 61.2 Å². The number of hydrogen-bond donors (Lipinski definition) is 3. The molecular weight excluding hydrogens is 442 g/mol. The molecule has 0 unspecified atom stereocenters. The minimum atomic E-state index is -0.475. The van der Waals surface area contributed by atoms with E-state index in [2.05, 4.69) is 54.9 Å². The molecule has 3 aromatic rings. The number of piperazine rings is 1. The molecule has 2 aromatic carbocycles. The molecule has 0 spiro atoms. The van der Waals surface area contributed by atoms with Crippen molar-refractivity contribution in [3.8, 4) is 5.75 Å². The summed E-state index contributed by atoms with van der Waals surface area (Å²) >= 11 is 6.01. The van der Waals surface area contributed by atoms with E-state index in [1.807, 2.05) is 12.1 Å². The molecule has 10 heteroatoms. The second kappa shape index (κ2) is 10.4. The summed E-state index contributed by atoms with van der Waals surface area (Å²) in [5, 5.41) is 9.13. The Morgan fingerprint density at radius 2 is 1.70 bits per heavy atom. The van der Waals surface area contributed by atoms with E-state index in [0.29, 0.717) is 28.1 Å². The Morgan fingerprint density at radius 1 is 0.970 bits per heavy atom. The summed E-state index contributed by atoms with van der Waals surface area (Å²) in [6, 6.07) is 14.4. The first-order chi connectivity index (χ1) is 16.0. The van der Waals surface area contributed by atoms with Crippen LogP contribution in [0.2, 0.25) is 5.02 Å². The SMILES string of the molecule is COc1ccc(Cl)cc1NC(=O)Nc1cc(Nc2ccc(N3CCN(C)CC3)cc2)ncn1. The molecule has 4 rings (SSSR count). The second-order valence-corrected chi connectivity index (χ2v) is 8.11. The first-order valence-corrected chi connectivity index (χ1v) is 10.9. The topological polar surface area (TPSA) is 94.6 Å². The number of hydrogen-bond acceptors (Lipinski definition) is 7. The van der Waals surface area contributed by atoms with Gasteiger partial charge in [0.1, 0.15) is 23.7 Å². The molecule has 9 nitrogen and oxygen atoms in total. The predicted molar refractivity (Wildman–Crippen MR) is 132 cm³/mol. The average molecular weight is 468 g/mol. The van der Waals surface area contributed by atoms with Crippen LogP contribution in [-0.2, 0) is 0 Å². The van der Waals surface area contributed by atoms with E-state index in [1.54, 1.807) is 24.3 Å². The number of nitrogens with one attached hydrogen (secondary N) is 3. The standard InChI is InChI=1S/C23H26ClN7O2/c1-30-9-11-31(12-10-30)18-6-4-17(5-7-18)27-21-14-22(26-15-25-21)29-23(32)28-19-13-16(24)3-8-20(19)33-2/h3-8,13-15H,9-12H2,1-2H3,(H3,25,26,27,28,29,32). The summed E-state index contributed by atoms with van der Waals surface area (Å²) in [4.78, 5) is 25.5. The van der Waals surface area contributed by atoms with E-state index in [4.69, 9.17) is 16.3 Å². The number of amides is 2. The van der Waals surface area contributed by atoms with Gasteiger partial charge < -0.3 is 25.2 Å². The van der Waals surface area contributed by atoms with Crippen molar-refractivity contribution in [3.05, 3.63) is 59.9 Å². The van der Waals surface area contributed by atoms with Crippen molar-refractivity contribution in [1.82, 2.24) is 14.9 Å². The molecule has 1 aromatic heterocycles. The van der Waals surface area contributed by atoms with Gasteiger partial charge in [-0.2, -0.15) is 0 Å². The summed E-state index contributed by atoms with van der Waals surface area (Å²) in [7, 11) is 3.67. The molecule has 1 fully saturated rings. The van der Waals surface area contributed by atoms with Crippen LogP contribution in [0.25, 0.3) is 0 Å².